The van der Waals surface area contributed by atoms with Crippen molar-refractivity contribution in [1.29, 1.82) is 0 Å². The van der Waals surface area contributed by atoms with Crippen LogP contribution in [0, 0.1) is 0 Å². The highest BCUT2D eigenvalue weighted by molar-refractivity contribution is 5.94. The van der Waals surface area contributed by atoms with Gasteiger partial charge in [0.05, 0.1) is 6.04 Å². The number of benzene rings is 1. The van der Waals surface area contributed by atoms with E-state index in [0.717, 1.165) is 0 Å². The lowest BCUT2D eigenvalue weighted by Gasteiger charge is -2.25. The van der Waals surface area contributed by atoms with Crippen LogP contribution in [-0.2, 0) is 30.4 Å². The maximum absolute atomic E-state index is 13.2. The molecule has 1 aromatic carbocycles. The molecule has 204 valence electrons. The van der Waals surface area contributed by atoms with Crippen molar-refractivity contribution in [1.82, 2.24) is 16.0 Å². The average molecular weight is 521 g/mol. The molecule has 0 heterocycles. The maximum atomic E-state index is 13.2. The summed E-state index contributed by atoms with van der Waals surface area (Å²) in [5, 5.41) is 16.6. The zero-order chi connectivity index (χ0) is 28.0. The lowest BCUT2D eigenvalue weighted by atomic mass is 10.0. The van der Waals surface area contributed by atoms with E-state index >= 15 is 0 Å². The van der Waals surface area contributed by atoms with Crippen molar-refractivity contribution < 1.29 is 29.1 Å². The Kier molecular flexibility index (Phi) is 13.1. The fourth-order valence-corrected chi connectivity index (χ4v) is 3.19. The third-order valence-electron chi connectivity index (χ3n) is 5.26. The number of aliphatic carboxylic acids is 1. The van der Waals surface area contributed by atoms with Crippen molar-refractivity contribution in [3.8, 4) is 0 Å². The molecule has 37 heavy (non-hydrogen) atoms. The first-order valence-electron chi connectivity index (χ1n) is 11.7. The van der Waals surface area contributed by atoms with Crippen molar-refractivity contribution in [2.75, 3.05) is 6.54 Å². The molecule has 1 aromatic rings. The molecule has 4 atom stereocenters. The van der Waals surface area contributed by atoms with Gasteiger partial charge >= 0.3 is 5.97 Å². The number of guanidine groups is 1. The van der Waals surface area contributed by atoms with Gasteiger partial charge in [-0.1, -0.05) is 30.3 Å². The van der Waals surface area contributed by atoms with E-state index < -0.39 is 53.8 Å². The van der Waals surface area contributed by atoms with Crippen LogP contribution in [0.5, 0.6) is 0 Å². The van der Waals surface area contributed by atoms with Crippen molar-refractivity contribution in [2.24, 2.45) is 27.9 Å². The molecule has 0 bridgehead atoms. The van der Waals surface area contributed by atoms with Gasteiger partial charge in [0.2, 0.25) is 23.6 Å². The lowest BCUT2D eigenvalue weighted by Crippen LogP contribution is -2.57. The SMILES string of the molecule is CC(NC(=O)C(Cc1ccccc1)NC(=O)C(CCCN=C(N)N)NC(=O)C(N)CCC(N)=O)C(=O)O. The number of nitrogens with two attached hydrogens (primary N) is 4. The van der Waals surface area contributed by atoms with E-state index in [1.54, 1.807) is 30.3 Å². The van der Waals surface area contributed by atoms with Gasteiger partial charge in [0.25, 0.3) is 0 Å². The third kappa shape index (κ3) is 12.4. The number of aliphatic imine (C=N–C) groups is 1. The first-order chi connectivity index (χ1) is 17.4. The Morgan fingerprint density at radius 3 is 2.05 bits per heavy atom. The second-order valence-electron chi connectivity index (χ2n) is 8.44. The molecule has 1 rings (SSSR count). The first-order valence-corrected chi connectivity index (χ1v) is 11.7. The topological polar surface area (TPSA) is 258 Å². The largest absolute Gasteiger partial charge is 0.480 e. The Morgan fingerprint density at radius 2 is 1.49 bits per heavy atom. The smallest absolute Gasteiger partial charge is 0.325 e. The maximum Gasteiger partial charge on any atom is 0.325 e. The molecule has 0 aliphatic carbocycles. The Morgan fingerprint density at radius 1 is 0.892 bits per heavy atom. The van der Waals surface area contributed by atoms with E-state index in [1.165, 1.54) is 6.92 Å². The molecular formula is C23H36N8O6. The lowest BCUT2D eigenvalue weighted by molar-refractivity contribution is -0.141. The summed E-state index contributed by atoms with van der Waals surface area (Å²) in [6.07, 6.45) is 0.338. The van der Waals surface area contributed by atoms with Crippen molar-refractivity contribution >= 4 is 35.6 Å². The Balaban J connectivity index is 3.06. The normalized spacial score (nSPS) is 13.8. The zero-order valence-electron chi connectivity index (χ0n) is 20.7. The van der Waals surface area contributed by atoms with Crippen molar-refractivity contribution in [3.63, 3.8) is 0 Å². The van der Waals surface area contributed by atoms with Crippen LogP contribution in [0.3, 0.4) is 0 Å². The number of amides is 4. The van der Waals surface area contributed by atoms with E-state index in [4.69, 9.17) is 28.0 Å². The highest BCUT2D eigenvalue weighted by atomic mass is 16.4. The summed E-state index contributed by atoms with van der Waals surface area (Å²) in [5.74, 6) is -4.10. The summed E-state index contributed by atoms with van der Waals surface area (Å²) in [5.41, 5.74) is 22.3. The van der Waals surface area contributed by atoms with Crippen molar-refractivity contribution in [2.45, 2.75) is 63.2 Å². The van der Waals surface area contributed by atoms with Crippen LogP contribution in [0.15, 0.2) is 35.3 Å². The summed E-state index contributed by atoms with van der Waals surface area (Å²) in [4.78, 5) is 64.7. The highest BCUT2D eigenvalue weighted by Gasteiger charge is 2.29. The Bertz CT molecular complexity index is 967. The van der Waals surface area contributed by atoms with Gasteiger partial charge in [0.1, 0.15) is 18.1 Å². The van der Waals surface area contributed by atoms with Crippen LogP contribution >= 0.6 is 0 Å². The molecule has 12 N–H and O–H groups in total. The molecule has 0 aromatic heterocycles. The number of rotatable bonds is 16. The summed E-state index contributed by atoms with van der Waals surface area (Å²) in [7, 11) is 0. The van der Waals surface area contributed by atoms with E-state index in [0.29, 0.717) is 12.0 Å². The number of carbonyl (C=O) groups excluding carboxylic acids is 4. The number of nitrogens with one attached hydrogen (secondary N) is 3. The molecule has 0 aliphatic heterocycles. The Hall–Kier alpha value is -4.20. The van der Waals surface area contributed by atoms with Crippen LogP contribution in [0.2, 0.25) is 0 Å². The molecule has 4 amide bonds. The number of carboxylic acids is 1. The van der Waals surface area contributed by atoms with Gasteiger partial charge in [-0.2, -0.15) is 0 Å². The minimum atomic E-state index is -1.24. The van der Waals surface area contributed by atoms with Crippen molar-refractivity contribution in [3.05, 3.63) is 35.9 Å². The number of nitrogens with zero attached hydrogens (tertiary/aromatic N) is 1. The number of carboxylic acid groups (broad SMARTS) is 1. The second-order valence-corrected chi connectivity index (χ2v) is 8.44. The number of primary amides is 1. The van der Waals surface area contributed by atoms with E-state index in [9.17, 15) is 24.0 Å². The van der Waals surface area contributed by atoms with Gasteiger partial charge in [0, 0.05) is 19.4 Å². The van der Waals surface area contributed by atoms with Gasteiger partial charge in [-0.25, -0.2) is 0 Å². The summed E-state index contributed by atoms with van der Waals surface area (Å²) in [6.45, 7) is 1.47. The summed E-state index contributed by atoms with van der Waals surface area (Å²) >= 11 is 0. The van der Waals surface area contributed by atoms with Gasteiger partial charge in [0.15, 0.2) is 5.96 Å². The second kappa shape index (κ2) is 15.7. The first kappa shape index (κ1) is 30.8. The molecule has 0 saturated carbocycles. The molecule has 0 radical (unpaired) electrons. The predicted octanol–water partition coefficient (Wildman–Crippen LogP) is -2.57. The number of carbonyl (C=O) groups is 5. The van der Waals surface area contributed by atoms with Crippen LogP contribution < -0.4 is 38.9 Å². The number of hydrogen-bond acceptors (Lipinski definition) is 7. The van der Waals surface area contributed by atoms with Crippen LogP contribution in [-0.4, -0.2) is 71.4 Å². The van der Waals surface area contributed by atoms with Gasteiger partial charge < -0.3 is 44.0 Å². The van der Waals surface area contributed by atoms with Gasteiger partial charge in [-0.3, -0.25) is 29.0 Å². The molecular weight excluding hydrogens is 484 g/mol. The van der Waals surface area contributed by atoms with E-state index in [-0.39, 0.29) is 38.2 Å². The minimum Gasteiger partial charge on any atom is -0.480 e. The molecule has 4 unspecified atom stereocenters. The molecule has 0 spiro atoms. The summed E-state index contributed by atoms with van der Waals surface area (Å²) in [6, 6.07) is 4.24. The number of hydrogen-bond donors (Lipinski definition) is 8. The van der Waals surface area contributed by atoms with Crippen LogP contribution in [0.4, 0.5) is 0 Å². The fourth-order valence-electron chi connectivity index (χ4n) is 3.19. The molecule has 14 heteroatoms. The highest BCUT2D eigenvalue weighted by Crippen LogP contribution is 2.07. The third-order valence-corrected chi connectivity index (χ3v) is 5.26. The zero-order valence-corrected chi connectivity index (χ0v) is 20.7. The van der Waals surface area contributed by atoms with E-state index in [2.05, 4.69) is 20.9 Å². The van der Waals surface area contributed by atoms with Gasteiger partial charge in [-0.15, -0.1) is 0 Å². The molecule has 14 nitrogen and oxygen atoms in total. The molecule has 0 saturated heterocycles. The quantitative estimate of drug-likeness (QED) is 0.0646. The minimum absolute atomic E-state index is 0.0182. The standard InChI is InChI=1S/C23H36N8O6/c1-13(22(36)37)29-21(35)17(12-14-6-3-2-4-7-14)31-20(34)16(8-5-11-28-23(26)27)30-19(33)15(24)9-10-18(25)32/h2-4,6-7,13,15-17H,5,8-12,24H2,1H3,(H2,25,32)(H,29,35)(H,30,33)(H,31,34)(H,36,37)(H4,26,27,28). The predicted molar refractivity (Wildman–Crippen MR) is 136 cm³/mol. The molecule has 0 aliphatic rings. The van der Waals surface area contributed by atoms with Crippen LogP contribution in [0.25, 0.3) is 0 Å². The van der Waals surface area contributed by atoms with Gasteiger partial charge in [-0.05, 0) is 31.7 Å². The Labute approximate surface area is 214 Å². The monoisotopic (exact) mass is 520 g/mol. The van der Waals surface area contributed by atoms with Crippen LogP contribution in [0.1, 0.15) is 38.2 Å². The molecule has 0 fully saturated rings. The average Bonchev–Trinajstić information content (AvgIpc) is 2.83. The fraction of sp³-hybridized carbons (Fsp3) is 0.478. The summed E-state index contributed by atoms with van der Waals surface area (Å²) < 4.78 is 0. The van der Waals surface area contributed by atoms with E-state index in [1.807, 2.05) is 0 Å².